The fourth-order valence-electron chi connectivity index (χ4n) is 2.07. The molecular weight excluding hydrogens is 295 g/mol. The van der Waals surface area contributed by atoms with Gasteiger partial charge >= 0.3 is 0 Å². The first-order chi connectivity index (χ1) is 10.9. The molecule has 120 valence electrons. The Morgan fingerprint density at radius 3 is 2.13 bits per heavy atom. The van der Waals surface area contributed by atoms with Crippen LogP contribution in [-0.2, 0) is 9.59 Å². The maximum Gasteiger partial charge on any atom is 0.233 e. The smallest absolute Gasteiger partial charge is 0.233 e. The van der Waals surface area contributed by atoms with Crippen molar-refractivity contribution in [2.75, 3.05) is 10.6 Å². The second-order valence-electron chi connectivity index (χ2n) is 5.56. The number of hydrogen-bond donors (Lipinski definition) is 2. The van der Waals surface area contributed by atoms with E-state index in [9.17, 15) is 14.0 Å². The highest BCUT2D eigenvalue weighted by Crippen LogP contribution is 2.17. The molecule has 0 heterocycles. The van der Waals surface area contributed by atoms with Gasteiger partial charge in [0.1, 0.15) is 12.2 Å². The van der Waals surface area contributed by atoms with E-state index in [1.807, 2.05) is 12.1 Å². The first-order valence-corrected chi connectivity index (χ1v) is 7.39. The minimum absolute atomic E-state index is 0.323. The monoisotopic (exact) mass is 314 g/mol. The van der Waals surface area contributed by atoms with E-state index in [4.69, 9.17) is 0 Å². The van der Waals surface area contributed by atoms with Gasteiger partial charge in [-0.05, 0) is 41.8 Å². The average Bonchev–Trinajstić information content (AvgIpc) is 2.47. The van der Waals surface area contributed by atoms with Crippen molar-refractivity contribution in [2.24, 2.45) is 0 Å². The number of benzene rings is 2. The Labute approximate surface area is 134 Å². The van der Waals surface area contributed by atoms with E-state index in [0.717, 1.165) is 0 Å². The summed E-state index contributed by atoms with van der Waals surface area (Å²) in [5.41, 5.74) is 2.13. The van der Waals surface area contributed by atoms with Crippen LogP contribution in [0, 0.1) is 5.82 Å². The van der Waals surface area contributed by atoms with Gasteiger partial charge in [-0.15, -0.1) is 0 Å². The normalized spacial score (nSPS) is 10.4. The van der Waals surface area contributed by atoms with Crippen molar-refractivity contribution in [1.29, 1.82) is 0 Å². The third kappa shape index (κ3) is 5.21. The van der Waals surface area contributed by atoms with E-state index in [2.05, 4.69) is 24.5 Å². The van der Waals surface area contributed by atoms with Gasteiger partial charge in [-0.2, -0.15) is 0 Å². The van der Waals surface area contributed by atoms with Crippen LogP contribution >= 0.6 is 0 Å². The van der Waals surface area contributed by atoms with Crippen LogP contribution in [0.3, 0.4) is 0 Å². The van der Waals surface area contributed by atoms with Gasteiger partial charge in [0.2, 0.25) is 11.8 Å². The van der Waals surface area contributed by atoms with Gasteiger partial charge in [-0.3, -0.25) is 9.59 Å². The lowest BCUT2D eigenvalue weighted by Gasteiger charge is -2.09. The van der Waals surface area contributed by atoms with Crippen LogP contribution in [0.1, 0.15) is 31.7 Å². The summed E-state index contributed by atoms with van der Waals surface area (Å²) in [6.45, 7) is 4.18. The van der Waals surface area contributed by atoms with Gasteiger partial charge < -0.3 is 10.6 Å². The summed E-state index contributed by atoms with van der Waals surface area (Å²) in [4.78, 5) is 23.6. The first-order valence-electron chi connectivity index (χ1n) is 7.39. The predicted molar refractivity (Wildman–Crippen MR) is 88.8 cm³/mol. The van der Waals surface area contributed by atoms with Gasteiger partial charge in [-0.25, -0.2) is 4.39 Å². The maximum atomic E-state index is 13.0. The van der Waals surface area contributed by atoms with Gasteiger partial charge in [0, 0.05) is 11.4 Å². The van der Waals surface area contributed by atoms with Crippen LogP contribution in [0.5, 0.6) is 0 Å². The van der Waals surface area contributed by atoms with Gasteiger partial charge in [0.25, 0.3) is 0 Å². The minimum atomic E-state index is -0.494. The van der Waals surface area contributed by atoms with Gasteiger partial charge in [0.15, 0.2) is 0 Å². The zero-order chi connectivity index (χ0) is 16.8. The summed E-state index contributed by atoms with van der Waals surface area (Å²) in [5.74, 6) is -0.947. The predicted octanol–water partition coefficient (Wildman–Crippen LogP) is 3.92. The molecule has 0 spiro atoms. The number of carbonyl (C=O) groups is 2. The molecule has 0 saturated carbocycles. The van der Waals surface area contributed by atoms with Gasteiger partial charge in [-0.1, -0.05) is 32.0 Å². The van der Waals surface area contributed by atoms with Crippen LogP contribution < -0.4 is 10.6 Å². The van der Waals surface area contributed by atoms with Crippen LogP contribution in [0.25, 0.3) is 0 Å². The number of nitrogens with one attached hydrogen (secondary N) is 2. The molecule has 0 saturated heterocycles. The van der Waals surface area contributed by atoms with Crippen molar-refractivity contribution in [2.45, 2.75) is 26.2 Å². The standard InChI is InChI=1S/C18H19FN2O2/c1-12(2)13-6-8-15(9-7-13)20-17(22)11-18(23)21-16-5-3-4-14(19)10-16/h3-10,12H,11H2,1-2H3,(H,20,22)(H,21,23). The molecule has 0 aliphatic rings. The minimum Gasteiger partial charge on any atom is -0.326 e. The molecule has 5 heteroatoms. The van der Waals surface area contributed by atoms with E-state index >= 15 is 0 Å². The number of hydrogen-bond acceptors (Lipinski definition) is 2. The van der Waals surface area contributed by atoms with Crippen molar-refractivity contribution in [3.05, 3.63) is 59.9 Å². The fourth-order valence-corrected chi connectivity index (χ4v) is 2.07. The molecule has 0 aliphatic carbocycles. The average molecular weight is 314 g/mol. The van der Waals surface area contributed by atoms with Gasteiger partial charge in [0.05, 0.1) is 0 Å². The molecule has 0 aromatic heterocycles. The van der Waals surface area contributed by atoms with Crippen LogP contribution in [0.15, 0.2) is 48.5 Å². The number of amides is 2. The molecule has 0 radical (unpaired) electrons. The second kappa shape index (κ2) is 7.54. The van der Waals surface area contributed by atoms with Crippen molar-refractivity contribution < 1.29 is 14.0 Å². The van der Waals surface area contributed by atoms with E-state index in [1.165, 1.54) is 23.8 Å². The van der Waals surface area contributed by atoms with Crippen LogP contribution in [-0.4, -0.2) is 11.8 Å². The Bertz CT molecular complexity index is 696. The highest BCUT2D eigenvalue weighted by Gasteiger charge is 2.10. The van der Waals surface area contributed by atoms with Crippen molar-refractivity contribution >= 4 is 23.2 Å². The molecule has 2 amide bonds. The third-order valence-electron chi connectivity index (χ3n) is 3.29. The summed E-state index contributed by atoms with van der Waals surface area (Å²) in [6, 6.07) is 13.0. The molecule has 2 aromatic rings. The van der Waals surface area contributed by atoms with Crippen LogP contribution in [0.2, 0.25) is 0 Å². The molecule has 0 unspecified atom stereocenters. The Morgan fingerprint density at radius 2 is 1.57 bits per heavy atom. The molecule has 0 aliphatic heterocycles. The first kappa shape index (κ1) is 16.7. The Morgan fingerprint density at radius 1 is 0.957 bits per heavy atom. The Balaban J connectivity index is 1.87. The summed E-state index contributed by atoms with van der Waals surface area (Å²) in [5, 5.41) is 5.15. The van der Waals surface area contributed by atoms with E-state index in [-0.39, 0.29) is 6.42 Å². The molecule has 2 rings (SSSR count). The highest BCUT2D eigenvalue weighted by molar-refractivity contribution is 6.08. The van der Waals surface area contributed by atoms with Crippen molar-refractivity contribution in [3.63, 3.8) is 0 Å². The van der Waals surface area contributed by atoms with E-state index in [0.29, 0.717) is 17.3 Å². The van der Waals surface area contributed by atoms with Crippen molar-refractivity contribution in [3.8, 4) is 0 Å². The topological polar surface area (TPSA) is 58.2 Å². The zero-order valence-electron chi connectivity index (χ0n) is 13.1. The lowest BCUT2D eigenvalue weighted by atomic mass is 10.0. The summed E-state index contributed by atoms with van der Waals surface area (Å²) in [7, 11) is 0. The summed E-state index contributed by atoms with van der Waals surface area (Å²) >= 11 is 0. The zero-order valence-corrected chi connectivity index (χ0v) is 13.1. The molecular formula is C18H19FN2O2. The maximum absolute atomic E-state index is 13.0. The van der Waals surface area contributed by atoms with E-state index < -0.39 is 17.6 Å². The summed E-state index contributed by atoms with van der Waals surface area (Å²) < 4.78 is 13.0. The Hall–Kier alpha value is -2.69. The number of carbonyl (C=O) groups excluding carboxylic acids is 2. The lowest BCUT2D eigenvalue weighted by molar-refractivity contribution is -0.123. The molecule has 4 nitrogen and oxygen atoms in total. The molecule has 0 atom stereocenters. The van der Waals surface area contributed by atoms with Crippen LogP contribution in [0.4, 0.5) is 15.8 Å². The fraction of sp³-hybridized carbons (Fsp3) is 0.222. The SMILES string of the molecule is CC(C)c1ccc(NC(=O)CC(=O)Nc2cccc(F)c2)cc1. The third-order valence-corrected chi connectivity index (χ3v) is 3.29. The molecule has 2 aromatic carbocycles. The second-order valence-corrected chi connectivity index (χ2v) is 5.56. The molecule has 2 N–H and O–H groups in total. The van der Waals surface area contributed by atoms with Crippen molar-refractivity contribution in [1.82, 2.24) is 0 Å². The molecule has 23 heavy (non-hydrogen) atoms. The largest absolute Gasteiger partial charge is 0.326 e. The highest BCUT2D eigenvalue weighted by atomic mass is 19.1. The summed E-state index contributed by atoms with van der Waals surface area (Å²) in [6.07, 6.45) is -0.331. The molecule has 0 bridgehead atoms. The Kier molecular flexibility index (Phi) is 5.46. The quantitative estimate of drug-likeness (QED) is 0.822. The number of rotatable bonds is 5. The molecule has 0 fully saturated rings. The number of halogens is 1. The number of anilines is 2. The van der Waals surface area contributed by atoms with E-state index in [1.54, 1.807) is 18.2 Å². The lowest BCUT2D eigenvalue weighted by Crippen LogP contribution is -2.21.